The van der Waals surface area contributed by atoms with Crippen molar-refractivity contribution in [3.63, 3.8) is 0 Å². The number of rotatable bonds is 7. The minimum Gasteiger partial charge on any atom is -0.354 e. The molecular weight excluding hydrogens is 483 g/mol. The molecule has 1 aromatic rings. The van der Waals surface area contributed by atoms with Crippen LogP contribution in [-0.2, 0) is 14.4 Å². The van der Waals surface area contributed by atoms with Crippen molar-refractivity contribution < 1.29 is 18.8 Å². The molecule has 0 spiro atoms. The highest BCUT2D eigenvalue weighted by Crippen LogP contribution is 2.41. The minimum absolute atomic E-state index is 0.0223. The Bertz CT molecular complexity index is 1020. The number of nitrogens with one attached hydrogen (secondary N) is 3. The second-order valence-electron chi connectivity index (χ2n) is 10.4. The van der Waals surface area contributed by atoms with Crippen LogP contribution in [0.5, 0.6) is 0 Å². The fraction of sp³-hybridized carbons (Fsp3) is 0.600. The van der Waals surface area contributed by atoms with Crippen LogP contribution in [0.25, 0.3) is 0 Å². The molecule has 3 N–H and O–H groups in total. The van der Waals surface area contributed by atoms with E-state index >= 15 is 0 Å². The van der Waals surface area contributed by atoms with Crippen molar-refractivity contribution in [2.45, 2.75) is 65.3 Å². The number of nitrogens with zero attached hydrogens (tertiary/aromatic N) is 3. The molecule has 2 heterocycles. The Morgan fingerprint density at radius 3 is 2.58 bits per heavy atom. The number of fused-ring (bicyclic) bond motifs is 3. The number of thioether (sulfide) groups is 1. The van der Waals surface area contributed by atoms with E-state index in [2.05, 4.69) is 39.9 Å². The molecule has 4 atom stereocenters. The van der Waals surface area contributed by atoms with Crippen molar-refractivity contribution >= 4 is 40.3 Å². The molecule has 3 amide bonds. The Morgan fingerprint density at radius 1 is 1.19 bits per heavy atom. The first-order valence-corrected chi connectivity index (χ1v) is 13.5. The van der Waals surface area contributed by atoms with Crippen LogP contribution >= 0.6 is 11.8 Å². The molecule has 4 unspecified atom stereocenters. The number of carbonyl (C=O) groups excluding carboxylic acids is 3. The third-order valence-corrected chi connectivity index (χ3v) is 7.62. The summed E-state index contributed by atoms with van der Waals surface area (Å²) in [5.74, 6) is -0.495. The summed E-state index contributed by atoms with van der Waals surface area (Å²) in [6.45, 7) is 8.61. The summed E-state index contributed by atoms with van der Waals surface area (Å²) < 4.78 is 13.1. The largest absolute Gasteiger partial charge is 0.354 e. The van der Waals surface area contributed by atoms with E-state index in [4.69, 9.17) is 0 Å². The van der Waals surface area contributed by atoms with Crippen LogP contribution < -0.4 is 16.1 Å². The molecule has 9 nitrogen and oxygen atoms in total. The maximum Gasteiger partial charge on any atom is 0.234 e. The molecule has 196 valence electrons. The van der Waals surface area contributed by atoms with E-state index in [1.807, 2.05) is 18.7 Å². The predicted molar refractivity (Wildman–Crippen MR) is 138 cm³/mol. The highest BCUT2D eigenvalue weighted by Gasteiger charge is 2.53. The second kappa shape index (κ2) is 11.1. The molecule has 11 heteroatoms. The monoisotopic (exact) mass is 518 g/mol. The third-order valence-electron chi connectivity index (χ3n) is 6.65. The summed E-state index contributed by atoms with van der Waals surface area (Å²) in [6, 6.07) is 5.49. The van der Waals surface area contributed by atoms with E-state index in [0.717, 1.165) is 0 Å². The number of anilines is 1. The number of halogens is 1. The van der Waals surface area contributed by atoms with Crippen LogP contribution in [0.3, 0.4) is 0 Å². The zero-order chi connectivity index (χ0) is 26.0. The van der Waals surface area contributed by atoms with Gasteiger partial charge in [-0.1, -0.05) is 25.6 Å². The van der Waals surface area contributed by atoms with Crippen LogP contribution in [0.1, 0.15) is 47.0 Å². The first kappa shape index (κ1) is 26.2. The average Bonchev–Trinajstić information content (AvgIpc) is 3.25. The van der Waals surface area contributed by atoms with Gasteiger partial charge in [0, 0.05) is 30.2 Å². The number of benzene rings is 1. The predicted octanol–water partition coefficient (Wildman–Crippen LogP) is 2.76. The average molecular weight is 519 g/mol. The Balaban J connectivity index is 1.49. The van der Waals surface area contributed by atoms with Crippen molar-refractivity contribution in [1.29, 1.82) is 0 Å². The molecule has 2 fully saturated rings. The summed E-state index contributed by atoms with van der Waals surface area (Å²) in [6.07, 6.45) is 1.44. The SMILES string of the molecule is CC(C)CN1C(=O)C2CCC(C(=O)NC(C)C)CC2N2C(SCC(=O)Nc3ccc(F)cc3)=NNC12. The number of carbonyl (C=O) groups is 3. The lowest BCUT2D eigenvalue weighted by Gasteiger charge is -2.51. The normalized spacial score (nSPS) is 25.3. The van der Waals surface area contributed by atoms with Crippen molar-refractivity contribution in [3.05, 3.63) is 30.1 Å². The fourth-order valence-electron chi connectivity index (χ4n) is 5.15. The molecule has 0 radical (unpaired) electrons. The Labute approximate surface area is 215 Å². The number of hydrogen-bond acceptors (Lipinski definition) is 7. The zero-order valence-electron chi connectivity index (χ0n) is 21.2. The summed E-state index contributed by atoms with van der Waals surface area (Å²) in [4.78, 5) is 42.8. The van der Waals surface area contributed by atoms with Gasteiger partial charge >= 0.3 is 0 Å². The maximum atomic E-state index is 13.5. The Hall–Kier alpha value is -2.82. The number of amidine groups is 1. The van der Waals surface area contributed by atoms with Crippen LogP contribution in [0.2, 0.25) is 0 Å². The lowest BCUT2D eigenvalue weighted by Crippen LogP contribution is -2.68. The van der Waals surface area contributed by atoms with Gasteiger partial charge in [0.1, 0.15) is 5.82 Å². The quantitative estimate of drug-likeness (QED) is 0.513. The van der Waals surface area contributed by atoms with Gasteiger partial charge in [0.2, 0.25) is 17.7 Å². The number of hydrogen-bond donors (Lipinski definition) is 3. The van der Waals surface area contributed by atoms with Crippen LogP contribution in [-0.4, -0.2) is 63.4 Å². The minimum atomic E-state index is -0.435. The Kier molecular flexibility index (Phi) is 8.07. The summed E-state index contributed by atoms with van der Waals surface area (Å²) in [5.41, 5.74) is 3.63. The number of hydrazone groups is 1. The maximum absolute atomic E-state index is 13.5. The summed E-state index contributed by atoms with van der Waals surface area (Å²) in [7, 11) is 0. The first-order chi connectivity index (χ1) is 17.1. The molecule has 1 aliphatic carbocycles. The molecular formula is C25H35FN6O3S. The zero-order valence-corrected chi connectivity index (χ0v) is 22.0. The van der Waals surface area contributed by atoms with Gasteiger partial charge in [0.25, 0.3) is 0 Å². The highest BCUT2D eigenvalue weighted by atomic mass is 32.2. The highest BCUT2D eigenvalue weighted by molar-refractivity contribution is 8.14. The molecule has 1 aromatic carbocycles. The van der Waals surface area contributed by atoms with E-state index in [1.54, 1.807) is 0 Å². The van der Waals surface area contributed by atoms with E-state index in [-0.39, 0.29) is 59.1 Å². The molecule has 3 aliphatic rings. The standard InChI is InChI=1S/C25H35FN6O3S/c1-14(2)12-31-23(35)19-10-5-16(22(34)27-15(3)4)11-20(19)32-24(31)29-30-25(32)36-13-21(33)28-18-8-6-17(26)7-9-18/h6-9,14-16,19-20,24,29H,5,10-13H2,1-4H3,(H,27,34)(H,28,33). The Morgan fingerprint density at radius 2 is 1.92 bits per heavy atom. The second-order valence-corrected chi connectivity index (χ2v) is 11.3. The van der Waals surface area contributed by atoms with Gasteiger partial charge in [0.05, 0.1) is 11.7 Å². The molecule has 4 rings (SSSR count). The molecule has 2 aliphatic heterocycles. The van der Waals surface area contributed by atoms with Crippen LogP contribution in [0, 0.1) is 23.6 Å². The third kappa shape index (κ3) is 5.77. The van der Waals surface area contributed by atoms with Crippen LogP contribution in [0.15, 0.2) is 29.4 Å². The van der Waals surface area contributed by atoms with Gasteiger partial charge in [-0.15, -0.1) is 0 Å². The molecule has 0 aromatic heterocycles. The van der Waals surface area contributed by atoms with Crippen molar-refractivity contribution in [2.24, 2.45) is 22.9 Å². The molecule has 1 saturated carbocycles. The molecule has 0 bridgehead atoms. The smallest absolute Gasteiger partial charge is 0.234 e. The van der Waals surface area contributed by atoms with E-state index in [1.165, 1.54) is 36.0 Å². The van der Waals surface area contributed by atoms with Crippen molar-refractivity contribution in [1.82, 2.24) is 20.5 Å². The molecule has 1 saturated heterocycles. The van der Waals surface area contributed by atoms with Gasteiger partial charge in [-0.05, 0) is 63.3 Å². The molecule has 36 heavy (non-hydrogen) atoms. The lowest BCUT2D eigenvalue weighted by molar-refractivity contribution is -0.158. The van der Waals surface area contributed by atoms with Crippen molar-refractivity contribution in [3.8, 4) is 0 Å². The topological polar surface area (TPSA) is 106 Å². The van der Waals surface area contributed by atoms with Gasteiger partial charge < -0.3 is 20.4 Å². The van der Waals surface area contributed by atoms with Gasteiger partial charge in [-0.25, -0.2) is 4.39 Å². The number of amides is 3. The van der Waals surface area contributed by atoms with Gasteiger partial charge in [0.15, 0.2) is 11.5 Å². The van der Waals surface area contributed by atoms with E-state index < -0.39 is 6.29 Å². The van der Waals surface area contributed by atoms with Crippen molar-refractivity contribution in [2.75, 3.05) is 17.6 Å². The summed E-state index contributed by atoms with van der Waals surface area (Å²) in [5, 5.41) is 10.9. The van der Waals surface area contributed by atoms with E-state index in [0.29, 0.717) is 36.7 Å². The van der Waals surface area contributed by atoms with Crippen LogP contribution in [0.4, 0.5) is 10.1 Å². The van der Waals surface area contributed by atoms with Gasteiger partial charge in [-0.2, -0.15) is 5.10 Å². The lowest BCUT2D eigenvalue weighted by atomic mass is 9.75. The summed E-state index contributed by atoms with van der Waals surface area (Å²) >= 11 is 1.29. The van der Waals surface area contributed by atoms with Gasteiger partial charge in [-0.3, -0.25) is 19.8 Å². The first-order valence-electron chi connectivity index (χ1n) is 12.5. The fourth-order valence-corrected chi connectivity index (χ4v) is 5.98. The van der Waals surface area contributed by atoms with E-state index in [9.17, 15) is 18.8 Å².